The van der Waals surface area contributed by atoms with Crippen molar-refractivity contribution >= 4 is 62.3 Å². The lowest BCUT2D eigenvalue weighted by atomic mass is 9.96. The molecule has 0 radical (unpaired) electrons. The molecule has 3 aromatic carbocycles. The first kappa shape index (κ1) is 30.5. The van der Waals surface area contributed by atoms with Crippen LogP contribution in [0.2, 0.25) is 5.02 Å². The fraction of sp³-hybridized carbons (Fsp3) is 0.306. The molecule has 11 heteroatoms. The molecule has 5 heterocycles. The van der Waals surface area contributed by atoms with Crippen LogP contribution >= 0.6 is 34.7 Å². The Morgan fingerprint density at radius 2 is 1.96 bits per heavy atom. The van der Waals surface area contributed by atoms with E-state index in [9.17, 15) is 9.90 Å². The number of aromatic nitrogens is 4. The van der Waals surface area contributed by atoms with Crippen LogP contribution < -0.4 is 10.1 Å². The number of halogens is 1. The summed E-state index contributed by atoms with van der Waals surface area (Å²) in [7, 11) is 1.83. The number of benzene rings is 3. The number of hydrogen-bond donors (Lipinski definition) is 2. The third-order valence-corrected chi connectivity index (χ3v) is 12.1. The zero-order chi connectivity index (χ0) is 32.4. The summed E-state index contributed by atoms with van der Waals surface area (Å²) >= 11 is 10.6. The summed E-state index contributed by atoms with van der Waals surface area (Å²) < 4.78 is 10.3. The summed E-state index contributed by atoms with van der Waals surface area (Å²) in [6.45, 7) is 6.01. The van der Waals surface area contributed by atoms with Crippen LogP contribution in [-0.2, 0) is 32.3 Å². The Morgan fingerprint density at radius 3 is 2.81 bits per heavy atom. The second kappa shape index (κ2) is 12.0. The molecule has 2 aliphatic heterocycles. The van der Waals surface area contributed by atoms with E-state index in [4.69, 9.17) is 26.4 Å². The summed E-state index contributed by atoms with van der Waals surface area (Å²) in [5, 5.41) is 23.9. The Bertz CT molecular complexity index is 2220. The molecule has 8 nitrogen and oxygen atoms in total. The highest BCUT2D eigenvalue weighted by molar-refractivity contribution is 7.98. The number of carboxylic acids is 1. The smallest absolute Gasteiger partial charge is 0.352 e. The molecule has 0 amide bonds. The number of nitrogens with zero attached hydrogens (tertiary/aromatic N) is 4. The Hall–Kier alpha value is -3.83. The number of fused-ring (bicyclic) bond motifs is 7. The lowest BCUT2D eigenvalue weighted by Gasteiger charge is -2.16. The third-order valence-electron chi connectivity index (χ3n) is 9.42. The number of carboxylic acid groups (broad SMARTS) is 1. The van der Waals surface area contributed by atoms with Gasteiger partial charge in [-0.1, -0.05) is 41.9 Å². The van der Waals surface area contributed by atoms with Crippen LogP contribution in [0.3, 0.4) is 0 Å². The highest BCUT2D eigenvalue weighted by Crippen LogP contribution is 2.45. The number of aryl methyl sites for hydroxylation is 5. The first-order chi connectivity index (χ1) is 22.8. The van der Waals surface area contributed by atoms with Gasteiger partial charge in [-0.25, -0.2) is 9.78 Å². The van der Waals surface area contributed by atoms with Crippen molar-refractivity contribution in [3.8, 4) is 16.9 Å². The summed E-state index contributed by atoms with van der Waals surface area (Å²) in [6.07, 6.45) is 2.11. The minimum atomic E-state index is -0.957. The van der Waals surface area contributed by atoms with E-state index in [1.165, 1.54) is 4.88 Å². The number of nitrogens with one attached hydrogen (secondary N) is 1. The first-order valence-electron chi connectivity index (χ1n) is 15.9. The van der Waals surface area contributed by atoms with Gasteiger partial charge in [-0.05, 0) is 62.3 Å². The van der Waals surface area contributed by atoms with E-state index in [0.717, 1.165) is 89.8 Å². The topological polar surface area (TPSA) is 94.2 Å². The molecule has 3 aromatic heterocycles. The standard InChI is InChI=1S/C36H34ClN5O3S2/c1-19-29-18-46-22-15-21-7-4-5-8-23(21)28(16-22)45-14-6-9-24-25-10-11-26(37)32(33(25)41(3)34(24)36(43)44)31-20(2)40-42-13-12-27(35(31)42)38-17-30(39-19)47-29/h4-5,7-8,10-11,15-16,27,38H,6,9,12-14,17-18H2,1-3H3,(H,43,44)/t27-/m1/s1. The Morgan fingerprint density at radius 1 is 1.11 bits per heavy atom. The second-order valence-corrected chi connectivity index (χ2v) is 14.9. The van der Waals surface area contributed by atoms with Crippen molar-refractivity contribution in [1.29, 1.82) is 0 Å². The molecular formula is C36H34ClN5O3S2. The van der Waals surface area contributed by atoms with Gasteiger partial charge in [0.25, 0.3) is 0 Å². The van der Waals surface area contributed by atoms with E-state index in [1.54, 1.807) is 27.7 Å². The van der Waals surface area contributed by atoms with Gasteiger partial charge in [-0.3, -0.25) is 4.68 Å². The fourth-order valence-corrected chi connectivity index (χ4v) is 9.71. The molecular weight excluding hydrogens is 650 g/mol. The van der Waals surface area contributed by atoms with Gasteiger partial charge in [0.15, 0.2) is 0 Å². The van der Waals surface area contributed by atoms with Crippen LogP contribution in [0, 0.1) is 13.8 Å². The van der Waals surface area contributed by atoms with Crippen molar-refractivity contribution in [2.24, 2.45) is 7.05 Å². The number of carbonyl (C=O) groups is 1. The lowest BCUT2D eigenvalue weighted by molar-refractivity contribution is 0.0685. The van der Waals surface area contributed by atoms with Crippen molar-refractivity contribution in [3.05, 3.63) is 91.8 Å². The molecule has 8 rings (SSSR count). The van der Waals surface area contributed by atoms with Gasteiger partial charge in [-0.15, -0.1) is 23.1 Å². The summed E-state index contributed by atoms with van der Waals surface area (Å²) in [4.78, 5) is 20.1. The molecule has 0 saturated heterocycles. The van der Waals surface area contributed by atoms with E-state index >= 15 is 0 Å². The zero-order valence-corrected chi connectivity index (χ0v) is 28.8. The maximum absolute atomic E-state index is 12.8. The van der Waals surface area contributed by atoms with Crippen LogP contribution in [0.4, 0.5) is 0 Å². The van der Waals surface area contributed by atoms with Crippen LogP contribution in [0.5, 0.6) is 5.75 Å². The Labute approximate surface area is 285 Å². The number of hydrogen-bond acceptors (Lipinski definition) is 7. The first-order valence-corrected chi connectivity index (χ1v) is 18.0. The number of thioether (sulfide) groups is 1. The van der Waals surface area contributed by atoms with Gasteiger partial charge in [-0.2, -0.15) is 5.10 Å². The minimum Gasteiger partial charge on any atom is -0.493 e. The SMILES string of the molecule is Cc1nc2sc1CSc1cc(c3ccccc3c1)OCCCc1c(C(=O)O)n(C)c3c(c(Cl)ccc13)-c1c(C)nn3c1[C@@H](CC3)NC2. The van der Waals surface area contributed by atoms with Crippen LogP contribution in [0.1, 0.15) is 61.9 Å². The van der Waals surface area contributed by atoms with E-state index < -0.39 is 5.97 Å². The summed E-state index contributed by atoms with van der Waals surface area (Å²) in [5.74, 6) is 0.715. The Kier molecular flexibility index (Phi) is 7.79. The van der Waals surface area contributed by atoms with Crippen LogP contribution in [0.15, 0.2) is 53.4 Å². The number of thiazole rings is 1. The average Bonchev–Trinajstić information content (AvgIpc) is 3.78. The second-order valence-electron chi connectivity index (χ2n) is 12.3. The quantitative estimate of drug-likeness (QED) is 0.180. The van der Waals surface area contributed by atoms with Gasteiger partial charge in [0.2, 0.25) is 0 Å². The molecule has 1 atom stereocenters. The number of rotatable bonds is 1. The van der Waals surface area contributed by atoms with Crippen LogP contribution in [-0.4, -0.2) is 37.0 Å². The van der Waals surface area contributed by atoms with Gasteiger partial charge in [0.1, 0.15) is 16.5 Å². The van der Waals surface area contributed by atoms with Gasteiger partial charge in [0.05, 0.1) is 40.3 Å². The third kappa shape index (κ3) is 5.22. The van der Waals surface area contributed by atoms with E-state index in [2.05, 4.69) is 47.3 Å². The van der Waals surface area contributed by atoms with Crippen molar-refractivity contribution in [3.63, 3.8) is 0 Å². The molecule has 0 spiro atoms. The highest BCUT2D eigenvalue weighted by atomic mass is 35.5. The van der Waals surface area contributed by atoms with Crippen molar-refractivity contribution in [1.82, 2.24) is 24.6 Å². The molecule has 8 bridgehead atoms. The number of aromatic carboxylic acids is 1. The molecule has 240 valence electrons. The van der Waals surface area contributed by atoms with Crippen LogP contribution in [0.25, 0.3) is 32.8 Å². The van der Waals surface area contributed by atoms with Crippen molar-refractivity contribution in [2.75, 3.05) is 6.61 Å². The normalized spacial score (nSPS) is 16.7. The molecule has 0 fully saturated rings. The molecule has 2 N–H and O–H groups in total. The predicted molar refractivity (Wildman–Crippen MR) is 189 cm³/mol. The highest BCUT2D eigenvalue weighted by Gasteiger charge is 2.33. The molecule has 0 unspecified atom stereocenters. The predicted octanol–water partition coefficient (Wildman–Crippen LogP) is 8.47. The maximum Gasteiger partial charge on any atom is 0.352 e. The molecule has 47 heavy (non-hydrogen) atoms. The van der Waals surface area contributed by atoms with E-state index in [-0.39, 0.29) is 11.7 Å². The largest absolute Gasteiger partial charge is 0.493 e. The molecule has 2 aliphatic rings. The zero-order valence-electron chi connectivity index (χ0n) is 26.4. The lowest BCUT2D eigenvalue weighted by Crippen LogP contribution is -2.19. The van der Waals surface area contributed by atoms with Gasteiger partial charge >= 0.3 is 5.97 Å². The van der Waals surface area contributed by atoms with Crippen molar-refractivity contribution in [2.45, 2.75) is 62.9 Å². The molecule has 6 aromatic rings. The maximum atomic E-state index is 12.8. The van der Waals surface area contributed by atoms with E-state index in [0.29, 0.717) is 31.0 Å². The van der Waals surface area contributed by atoms with Gasteiger partial charge in [0, 0.05) is 57.6 Å². The summed E-state index contributed by atoms with van der Waals surface area (Å²) in [5.41, 5.74) is 6.74. The molecule has 0 aliphatic carbocycles. The number of ether oxygens (including phenoxy) is 1. The average molecular weight is 684 g/mol. The van der Waals surface area contributed by atoms with E-state index in [1.807, 2.05) is 32.2 Å². The fourth-order valence-electron chi connectivity index (χ4n) is 7.32. The monoisotopic (exact) mass is 683 g/mol. The van der Waals surface area contributed by atoms with Gasteiger partial charge < -0.3 is 19.7 Å². The molecule has 0 saturated carbocycles. The Balaban J connectivity index is 1.27. The minimum absolute atomic E-state index is 0.0560. The summed E-state index contributed by atoms with van der Waals surface area (Å²) in [6, 6.07) is 16.6. The van der Waals surface area contributed by atoms with Crippen molar-refractivity contribution < 1.29 is 14.6 Å².